The highest BCUT2D eigenvalue weighted by Gasteiger charge is 2.18. The Balaban J connectivity index is 1.30. The van der Waals surface area contributed by atoms with Gasteiger partial charge in [0.25, 0.3) is 0 Å². The van der Waals surface area contributed by atoms with Crippen LogP contribution in [0.4, 0.5) is 0 Å². The lowest BCUT2D eigenvalue weighted by Crippen LogP contribution is -2.42. The SMILES string of the molecule is Cc1csc(CCCNC2CCN(Cc3ccncc3)CC2)n1. The first-order valence-corrected chi connectivity index (χ1v) is 9.43. The van der Waals surface area contributed by atoms with E-state index in [4.69, 9.17) is 0 Å². The van der Waals surface area contributed by atoms with Crippen LogP contribution >= 0.6 is 11.3 Å². The molecule has 23 heavy (non-hydrogen) atoms. The van der Waals surface area contributed by atoms with Gasteiger partial charge in [-0.3, -0.25) is 9.88 Å². The molecule has 0 aliphatic carbocycles. The topological polar surface area (TPSA) is 41.0 Å². The number of hydrogen-bond acceptors (Lipinski definition) is 5. The minimum Gasteiger partial charge on any atom is -0.314 e. The van der Waals surface area contributed by atoms with Crippen molar-refractivity contribution in [3.63, 3.8) is 0 Å². The lowest BCUT2D eigenvalue weighted by atomic mass is 10.0. The number of likely N-dealkylation sites (tertiary alicyclic amines) is 1. The lowest BCUT2D eigenvalue weighted by molar-refractivity contribution is 0.190. The number of rotatable bonds is 7. The molecule has 0 spiro atoms. The third kappa shape index (κ3) is 5.37. The van der Waals surface area contributed by atoms with Crippen molar-refractivity contribution < 1.29 is 0 Å². The van der Waals surface area contributed by atoms with Gasteiger partial charge in [-0.2, -0.15) is 0 Å². The molecule has 1 aliphatic heterocycles. The molecule has 0 aromatic carbocycles. The second kappa shape index (κ2) is 8.52. The van der Waals surface area contributed by atoms with Gasteiger partial charge < -0.3 is 5.32 Å². The zero-order valence-electron chi connectivity index (χ0n) is 13.9. The molecule has 2 aromatic rings. The van der Waals surface area contributed by atoms with Crippen molar-refractivity contribution in [2.45, 2.75) is 45.2 Å². The summed E-state index contributed by atoms with van der Waals surface area (Å²) in [5.41, 5.74) is 2.52. The van der Waals surface area contributed by atoms with E-state index in [9.17, 15) is 0 Å². The third-order valence-corrected chi connectivity index (χ3v) is 5.44. The molecule has 0 saturated carbocycles. The van der Waals surface area contributed by atoms with Crippen LogP contribution in [0.2, 0.25) is 0 Å². The summed E-state index contributed by atoms with van der Waals surface area (Å²) in [5.74, 6) is 0. The van der Waals surface area contributed by atoms with Gasteiger partial charge in [0, 0.05) is 42.5 Å². The Labute approximate surface area is 143 Å². The Kier molecular flexibility index (Phi) is 6.13. The molecule has 0 radical (unpaired) electrons. The number of aryl methyl sites for hydroxylation is 2. The van der Waals surface area contributed by atoms with Crippen LogP contribution in [0.3, 0.4) is 0 Å². The smallest absolute Gasteiger partial charge is 0.0928 e. The largest absolute Gasteiger partial charge is 0.314 e. The van der Waals surface area contributed by atoms with Gasteiger partial charge in [-0.15, -0.1) is 11.3 Å². The Bertz CT molecular complexity index is 576. The molecular weight excluding hydrogens is 304 g/mol. The van der Waals surface area contributed by atoms with Crippen LogP contribution < -0.4 is 5.32 Å². The van der Waals surface area contributed by atoms with E-state index in [1.807, 2.05) is 12.4 Å². The fraction of sp³-hybridized carbons (Fsp3) is 0.556. The number of nitrogens with zero attached hydrogens (tertiary/aromatic N) is 3. The summed E-state index contributed by atoms with van der Waals surface area (Å²) in [6, 6.07) is 4.91. The Morgan fingerprint density at radius 3 is 2.74 bits per heavy atom. The van der Waals surface area contributed by atoms with Gasteiger partial charge >= 0.3 is 0 Å². The standard InChI is InChI=1S/C18H26N4S/c1-15-14-23-18(21-15)3-2-8-20-17-6-11-22(12-7-17)13-16-4-9-19-10-5-16/h4-5,9-10,14,17,20H,2-3,6-8,11-13H2,1H3. The maximum atomic E-state index is 4.52. The molecule has 1 saturated heterocycles. The summed E-state index contributed by atoms with van der Waals surface area (Å²) < 4.78 is 0. The quantitative estimate of drug-likeness (QED) is 0.792. The van der Waals surface area contributed by atoms with Crippen molar-refractivity contribution in [2.24, 2.45) is 0 Å². The minimum atomic E-state index is 0.682. The number of nitrogens with one attached hydrogen (secondary N) is 1. The van der Waals surface area contributed by atoms with E-state index in [2.05, 4.69) is 44.6 Å². The number of piperidine rings is 1. The predicted molar refractivity (Wildman–Crippen MR) is 95.7 cm³/mol. The molecule has 0 unspecified atom stereocenters. The maximum absolute atomic E-state index is 4.52. The molecule has 1 fully saturated rings. The van der Waals surface area contributed by atoms with Crippen LogP contribution in [0.1, 0.15) is 35.5 Å². The van der Waals surface area contributed by atoms with E-state index in [0.29, 0.717) is 6.04 Å². The van der Waals surface area contributed by atoms with Crippen LogP contribution in [0.25, 0.3) is 0 Å². The van der Waals surface area contributed by atoms with E-state index in [1.165, 1.54) is 42.9 Å². The second-order valence-electron chi connectivity index (χ2n) is 6.35. The Morgan fingerprint density at radius 1 is 1.26 bits per heavy atom. The van der Waals surface area contributed by atoms with Crippen molar-refractivity contribution in [3.05, 3.63) is 46.2 Å². The van der Waals surface area contributed by atoms with Gasteiger partial charge in [-0.1, -0.05) is 0 Å². The maximum Gasteiger partial charge on any atom is 0.0928 e. The van der Waals surface area contributed by atoms with Crippen LogP contribution in [0, 0.1) is 6.92 Å². The predicted octanol–water partition coefficient (Wildman–Crippen LogP) is 3.03. The van der Waals surface area contributed by atoms with Gasteiger partial charge in [-0.05, 0) is 63.5 Å². The Morgan fingerprint density at radius 2 is 2.04 bits per heavy atom. The average molecular weight is 331 g/mol. The summed E-state index contributed by atoms with van der Waals surface area (Å²) in [6.45, 7) is 6.60. The first-order chi connectivity index (χ1) is 11.3. The number of pyridine rings is 1. The molecule has 1 aliphatic rings. The van der Waals surface area contributed by atoms with Gasteiger partial charge in [0.1, 0.15) is 0 Å². The van der Waals surface area contributed by atoms with Gasteiger partial charge in [0.05, 0.1) is 5.01 Å². The summed E-state index contributed by atoms with van der Waals surface area (Å²) in [4.78, 5) is 11.2. The summed E-state index contributed by atoms with van der Waals surface area (Å²) in [6.07, 6.45) is 8.56. The molecule has 3 heterocycles. The molecule has 4 nitrogen and oxygen atoms in total. The van der Waals surface area contributed by atoms with E-state index >= 15 is 0 Å². The minimum absolute atomic E-state index is 0.682. The van der Waals surface area contributed by atoms with Gasteiger partial charge in [0.2, 0.25) is 0 Å². The van der Waals surface area contributed by atoms with Crippen LogP contribution in [0.15, 0.2) is 29.9 Å². The first-order valence-electron chi connectivity index (χ1n) is 8.55. The number of aromatic nitrogens is 2. The summed E-state index contributed by atoms with van der Waals surface area (Å²) in [7, 11) is 0. The van der Waals surface area contributed by atoms with Crippen LogP contribution in [0.5, 0.6) is 0 Å². The molecular formula is C18H26N4S. The molecule has 1 N–H and O–H groups in total. The van der Waals surface area contributed by atoms with Gasteiger partial charge in [0.15, 0.2) is 0 Å². The first kappa shape index (κ1) is 16.6. The van der Waals surface area contributed by atoms with Crippen molar-refractivity contribution in [3.8, 4) is 0 Å². The van der Waals surface area contributed by atoms with Crippen LogP contribution in [-0.2, 0) is 13.0 Å². The molecule has 124 valence electrons. The molecule has 0 atom stereocenters. The summed E-state index contributed by atoms with van der Waals surface area (Å²) in [5, 5.41) is 7.14. The van der Waals surface area contributed by atoms with Crippen molar-refractivity contribution in [1.29, 1.82) is 0 Å². The van der Waals surface area contributed by atoms with Crippen molar-refractivity contribution >= 4 is 11.3 Å². The molecule has 3 rings (SSSR count). The molecule has 2 aromatic heterocycles. The molecule has 5 heteroatoms. The second-order valence-corrected chi connectivity index (χ2v) is 7.29. The zero-order valence-corrected chi connectivity index (χ0v) is 14.7. The highest BCUT2D eigenvalue weighted by molar-refractivity contribution is 7.09. The van der Waals surface area contributed by atoms with E-state index in [0.717, 1.165) is 25.2 Å². The zero-order chi connectivity index (χ0) is 15.9. The van der Waals surface area contributed by atoms with Crippen molar-refractivity contribution in [2.75, 3.05) is 19.6 Å². The van der Waals surface area contributed by atoms with Gasteiger partial charge in [-0.25, -0.2) is 4.98 Å². The fourth-order valence-corrected chi connectivity index (χ4v) is 3.92. The van der Waals surface area contributed by atoms with E-state index in [1.54, 1.807) is 11.3 Å². The number of hydrogen-bond donors (Lipinski definition) is 1. The summed E-state index contributed by atoms with van der Waals surface area (Å²) >= 11 is 1.79. The molecule has 0 amide bonds. The average Bonchev–Trinajstić information content (AvgIpc) is 2.99. The monoisotopic (exact) mass is 330 g/mol. The fourth-order valence-electron chi connectivity index (χ4n) is 3.10. The Hall–Kier alpha value is -1.30. The highest BCUT2D eigenvalue weighted by atomic mass is 32.1. The van der Waals surface area contributed by atoms with Crippen molar-refractivity contribution in [1.82, 2.24) is 20.2 Å². The van der Waals surface area contributed by atoms with E-state index < -0.39 is 0 Å². The third-order valence-electron chi connectivity index (χ3n) is 4.41. The van der Waals surface area contributed by atoms with Crippen LogP contribution in [-0.4, -0.2) is 40.5 Å². The van der Waals surface area contributed by atoms with E-state index in [-0.39, 0.29) is 0 Å². The normalized spacial score (nSPS) is 16.7. The molecule has 0 bridgehead atoms. The lowest BCUT2D eigenvalue weighted by Gasteiger charge is -2.32. The highest BCUT2D eigenvalue weighted by Crippen LogP contribution is 2.14. The number of thiazole rings is 1.